The van der Waals surface area contributed by atoms with Crippen LogP contribution in [0, 0.1) is 15.3 Å². The number of hydrogen-bond donors (Lipinski definition) is 0. The molecule has 0 unspecified atom stereocenters. The molecule has 4 rings (SSSR count). The van der Waals surface area contributed by atoms with Crippen molar-refractivity contribution in [3.63, 3.8) is 0 Å². The summed E-state index contributed by atoms with van der Waals surface area (Å²) >= 11 is 0. The molecule has 0 saturated carbocycles. The van der Waals surface area contributed by atoms with E-state index in [4.69, 9.17) is 29.9 Å². The number of methoxy groups -OCH3 is 1. The molecular weight excluding hydrogens is 460 g/mol. The zero-order valence-electron chi connectivity index (χ0n) is 18.8. The van der Waals surface area contributed by atoms with Crippen molar-refractivity contribution in [2.75, 3.05) is 13.7 Å². The highest BCUT2D eigenvalue weighted by molar-refractivity contribution is 6.04. The number of para-hydroxylation sites is 3. The molecule has 0 radical (unpaired) electrons. The Morgan fingerprint density at radius 3 is 2.54 bits per heavy atom. The molecule has 3 aromatic rings. The van der Waals surface area contributed by atoms with Crippen molar-refractivity contribution in [3.8, 4) is 5.75 Å². The Balaban J connectivity index is 0.000000795. The molecule has 12 nitrogen and oxygen atoms in total. The van der Waals surface area contributed by atoms with Crippen LogP contribution in [0.2, 0.25) is 0 Å². The topological polar surface area (TPSA) is 156 Å². The number of ether oxygens (including phenoxy) is 1. The van der Waals surface area contributed by atoms with E-state index < -0.39 is 17.0 Å². The molecule has 1 aliphatic rings. The zero-order chi connectivity index (χ0) is 25.4. The number of amides is 1. The molecule has 2 aromatic carbocycles. The molecule has 0 fully saturated rings. The number of nitrogens with zero attached hydrogens (tertiary/aromatic N) is 4. The fourth-order valence-electron chi connectivity index (χ4n) is 3.59. The summed E-state index contributed by atoms with van der Waals surface area (Å²) in [5, 5.41) is 15.6. The van der Waals surface area contributed by atoms with Crippen LogP contribution >= 0.6 is 0 Å². The Bertz CT molecular complexity index is 1300. The summed E-state index contributed by atoms with van der Waals surface area (Å²) in [5.74, 6) is -0.620. The second kappa shape index (κ2) is 11.5. The maximum atomic E-state index is 12.1. The number of rotatable bonds is 7. The highest BCUT2D eigenvalue weighted by Gasteiger charge is 2.23. The van der Waals surface area contributed by atoms with Crippen molar-refractivity contribution in [1.29, 1.82) is 0 Å². The van der Waals surface area contributed by atoms with Gasteiger partial charge in [0.25, 0.3) is 5.91 Å². The van der Waals surface area contributed by atoms with Gasteiger partial charge in [-0.3, -0.25) is 9.59 Å². The van der Waals surface area contributed by atoms with Crippen molar-refractivity contribution >= 4 is 39.7 Å². The van der Waals surface area contributed by atoms with Crippen LogP contribution in [0.5, 0.6) is 5.75 Å². The third-order valence-corrected chi connectivity index (χ3v) is 5.07. The molecule has 0 aliphatic carbocycles. The first-order valence-electron chi connectivity index (χ1n) is 10.6. The van der Waals surface area contributed by atoms with E-state index in [0.717, 1.165) is 33.2 Å². The fraction of sp³-hybridized carbons (Fsp3) is 0.261. The van der Waals surface area contributed by atoms with Gasteiger partial charge in [0, 0.05) is 31.1 Å². The molecule has 0 atom stereocenters. The summed E-state index contributed by atoms with van der Waals surface area (Å²) in [6, 6.07) is 13.7. The van der Waals surface area contributed by atoms with Gasteiger partial charge in [-0.2, -0.15) is 9.63 Å². The summed E-state index contributed by atoms with van der Waals surface area (Å²) in [6.07, 6.45) is 3.71. The number of carbonyl (C=O) groups excluding carboxylic acids is 3. The molecular formula is C23H22N4O8. The SMILES string of the molecule is COc1cccc2c1nc1ccccc1[n+]2CCCCC(=O)ON1CC(=O)C=CC1=O.O=[N+]([O-])[O-]. The van der Waals surface area contributed by atoms with E-state index in [-0.39, 0.29) is 18.7 Å². The van der Waals surface area contributed by atoms with Gasteiger partial charge >= 0.3 is 5.97 Å². The first kappa shape index (κ1) is 25.0. The van der Waals surface area contributed by atoms with Gasteiger partial charge < -0.3 is 24.9 Å². The van der Waals surface area contributed by atoms with E-state index in [2.05, 4.69) is 4.57 Å². The summed E-state index contributed by atoms with van der Waals surface area (Å²) in [6.45, 7) is 0.428. The van der Waals surface area contributed by atoms with Gasteiger partial charge in [0.05, 0.1) is 12.2 Å². The molecule has 0 spiro atoms. The van der Waals surface area contributed by atoms with Gasteiger partial charge in [-0.25, -0.2) is 9.78 Å². The third-order valence-electron chi connectivity index (χ3n) is 5.07. The Labute approximate surface area is 199 Å². The van der Waals surface area contributed by atoms with Crippen LogP contribution in [-0.2, 0) is 25.8 Å². The number of benzene rings is 2. The maximum Gasteiger partial charge on any atom is 0.332 e. The Morgan fingerprint density at radius 1 is 1.09 bits per heavy atom. The minimum absolute atomic E-state index is 0.145. The van der Waals surface area contributed by atoms with Crippen molar-refractivity contribution in [3.05, 3.63) is 69.9 Å². The molecule has 1 aromatic heterocycles. The van der Waals surface area contributed by atoms with Crippen LogP contribution in [0.4, 0.5) is 0 Å². The number of aryl methyl sites for hydroxylation is 1. The fourth-order valence-corrected chi connectivity index (χ4v) is 3.59. The van der Waals surface area contributed by atoms with E-state index in [1.165, 1.54) is 6.08 Å². The van der Waals surface area contributed by atoms with E-state index >= 15 is 0 Å². The molecule has 12 heteroatoms. The van der Waals surface area contributed by atoms with Crippen molar-refractivity contribution < 1.29 is 33.6 Å². The quantitative estimate of drug-likeness (QED) is 0.162. The standard InChI is InChI=1S/C23H22N3O5.NO3/c1-30-20-10-6-9-19-23(20)24-17-7-2-3-8-18(17)25(19)14-5-4-11-22(29)31-26-15-16(27)12-13-21(26)28;2-1(3)4/h2-3,6-10,12-13H,4-5,11,14-15H2,1H3;/q+1;-1. The Hall–Kier alpha value is -4.61. The second-order valence-corrected chi connectivity index (χ2v) is 7.40. The van der Waals surface area contributed by atoms with Gasteiger partial charge in [-0.15, -0.1) is 0 Å². The third kappa shape index (κ3) is 6.47. The highest BCUT2D eigenvalue weighted by atomic mass is 16.9. The van der Waals surface area contributed by atoms with Crippen LogP contribution in [-0.4, -0.2) is 46.4 Å². The van der Waals surface area contributed by atoms with Gasteiger partial charge in [0.1, 0.15) is 18.6 Å². The number of carbonyl (C=O) groups is 3. The van der Waals surface area contributed by atoms with Gasteiger partial charge in [0.2, 0.25) is 11.0 Å². The molecule has 1 aliphatic heterocycles. The minimum Gasteiger partial charge on any atom is -0.494 e. The number of hydrogen-bond acceptors (Lipinski definition) is 9. The van der Waals surface area contributed by atoms with Crippen molar-refractivity contribution in [1.82, 2.24) is 10.0 Å². The van der Waals surface area contributed by atoms with Crippen LogP contribution in [0.3, 0.4) is 0 Å². The number of aromatic nitrogens is 2. The van der Waals surface area contributed by atoms with E-state index in [1.54, 1.807) is 7.11 Å². The lowest BCUT2D eigenvalue weighted by Crippen LogP contribution is -2.39. The normalized spacial score (nSPS) is 12.9. The average Bonchev–Trinajstić information content (AvgIpc) is 2.82. The number of ketones is 1. The monoisotopic (exact) mass is 482 g/mol. The molecule has 0 saturated heterocycles. The summed E-state index contributed by atoms with van der Waals surface area (Å²) in [7, 11) is 1.62. The largest absolute Gasteiger partial charge is 0.494 e. The predicted octanol–water partition coefficient (Wildman–Crippen LogP) is 2.04. The molecule has 1 amide bonds. The lowest BCUT2D eigenvalue weighted by Gasteiger charge is -2.20. The van der Waals surface area contributed by atoms with Gasteiger partial charge in [-0.1, -0.05) is 18.2 Å². The zero-order valence-corrected chi connectivity index (χ0v) is 18.8. The summed E-state index contributed by atoms with van der Waals surface area (Å²) in [4.78, 5) is 53.2. The highest BCUT2D eigenvalue weighted by Crippen LogP contribution is 2.23. The molecule has 35 heavy (non-hydrogen) atoms. The molecule has 2 heterocycles. The minimum atomic E-state index is -1.75. The van der Waals surface area contributed by atoms with Crippen LogP contribution < -0.4 is 9.30 Å². The summed E-state index contributed by atoms with van der Waals surface area (Å²) in [5.41, 5.74) is 3.59. The van der Waals surface area contributed by atoms with Crippen LogP contribution in [0.15, 0.2) is 54.6 Å². The van der Waals surface area contributed by atoms with Gasteiger partial charge in [-0.05, 0) is 24.6 Å². The van der Waals surface area contributed by atoms with Crippen molar-refractivity contribution in [2.45, 2.75) is 25.8 Å². The summed E-state index contributed by atoms with van der Waals surface area (Å²) < 4.78 is 7.65. The van der Waals surface area contributed by atoms with Crippen molar-refractivity contribution in [2.24, 2.45) is 0 Å². The second-order valence-electron chi connectivity index (χ2n) is 7.40. The van der Waals surface area contributed by atoms with Crippen LogP contribution in [0.1, 0.15) is 19.3 Å². The van der Waals surface area contributed by atoms with Gasteiger partial charge in [0.15, 0.2) is 17.0 Å². The Kier molecular flexibility index (Phi) is 8.22. The lowest BCUT2D eigenvalue weighted by atomic mass is 10.2. The average molecular weight is 482 g/mol. The van der Waals surface area contributed by atoms with Crippen LogP contribution in [0.25, 0.3) is 22.1 Å². The van der Waals surface area contributed by atoms with E-state index in [9.17, 15) is 14.4 Å². The number of hydroxylamine groups is 2. The first-order chi connectivity index (χ1) is 16.8. The lowest BCUT2D eigenvalue weighted by molar-refractivity contribution is -0.646. The smallest absolute Gasteiger partial charge is 0.332 e. The molecule has 0 bridgehead atoms. The predicted molar refractivity (Wildman–Crippen MR) is 122 cm³/mol. The Morgan fingerprint density at radius 2 is 1.80 bits per heavy atom. The maximum absolute atomic E-state index is 12.1. The van der Waals surface area contributed by atoms with E-state index in [0.29, 0.717) is 25.1 Å². The van der Waals surface area contributed by atoms with E-state index in [1.807, 2.05) is 42.5 Å². The number of fused-ring (bicyclic) bond motifs is 2. The molecule has 0 N–H and O–H groups in total. The first-order valence-corrected chi connectivity index (χ1v) is 10.6. The molecule has 182 valence electrons. The number of unbranched alkanes of at least 4 members (excludes halogenated alkanes) is 1.